The lowest BCUT2D eigenvalue weighted by atomic mass is 10.1. The van der Waals surface area contributed by atoms with E-state index in [4.69, 9.17) is 0 Å². The van der Waals surface area contributed by atoms with E-state index in [1.807, 2.05) is 13.8 Å². The van der Waals surface area contributed by atoms with E-state index in [1.165, 1.54) is 0 Å². The molecule has 1 aliphatic heterocycles. The smallest absolute Gasteiger partial charge is 0.228 e. The first-order valence-corrected chi connectivity index (χ1v) is 5.84. The van der Waals surface area contributed by atoms with Gasteiger partial charge in [0.2, 0.25) is 11.8 Å². The van der Waals surface area contributed by atoms with Gasteiger partial charge < -0.3 is 10.6 Å². The Labute approximate surface area is 96.4 Å². The highest BCUT2D eigenvalue weighted by Gasteiger charge is 2.17. The van der Waals surface area contributed by atoms with Crippen LogP contribution in [0.2, 0.25) is 0 Å². The van der Waals surface area contributed by atoms with Gasteiger partial charge in [0.1, 0.15) is 0 Å². The van der Waals surface area contributed by atoms with E-state index in [9.17, 15) is 9.59 Å². The molecule has 2 amide bonds. The Morgan fingerprint density at radius 2 is 2.06 bits per heavy atom. The van der Waals surface area contributed by atoms with Crippen molar-refractivity contribution >= 4 is 11.8 Å². The topological polar surface area (TPSA) is 70.2 Å². The number of carbonyl (C=O) groups is 2. The molecule has 0 bridgehead atoms. The van der Waals surface area contributed by atoms with Crippen molar-refractivity contribution in [1.29, 1.82) is 0 Å². The summed E-state index contributed by atoms with van der Waals surface area (Å²) in [5, 5.41) is 8.84. The van der Waals surface area contributed by atoms with Crippen LogP contribution in [0, 0.1) is 5.92 Å². The number of piperazine rings is 1. The summed E-state index contributed by atoms with van der Waals surface area (Å²) in [5.41, 5.74) is 0. The van der Waals surface area contributed by atoms with Crippen LogP contribution in [-0.4, -0.2) is 37.5 Å². The molecule has 0 radical (unpaired) electrons. The monoisotopic (exact) mass is 227 g/mol. The predicted octanol–water partition coefficient (Wildman–Crippen LogP) is -0.373. The van der Waals surface area contributed by atoms with Crippen molar-refractivity contribution in [3.05, 3.63) is 0 Å². The number of nitrogens with one attached hydrogen (secondary N) is 3. The summed E-state index contributed by atoms with van der Waals surface area (Å²) in [6.07, 6.45) is 0.763. The van der Waals surface area contributed by atoms with Crippen LogP contribution < -0.4 is 16.0 Å². The Kier molecular flexibility index (Phi) is 5.42. The minimum atomic E-state index is -0.188. The lowest BCUT2D eigenvalue weighted by Gasteiger charge is -2.23. The summed E-state index contributed by atoms with van der Waals surface area (Å²) in [4.78, 5) is 22.8. The molecule has 0 aliphatic carbocycles. The van der Waals surface area contributed by atoms with Crippen molar-refractivity contribution in [3.8, 4) is 0 Å². The molecule has 1 saturated heterocycles. The molecule has 0 aromatic heterocycles. The fourth-order valence-corrected chi connectivity index (χ4v) is 1.71. The summed E-state index contributed by atoms with van der Waals surface area (Å²) >= 11 is 0. The largest absolute Gasteiger partial charge is 0.314 e. The molecular formula is C11H21N3O2. The van der Waals surface area contributed by atoms with Gasteiger partial charge >= 0.3 is 0 Å². The second-order valence-electron chi connectivity index (χ2n) is 4.63. The fraction of sp³-hybridized carbons (Fsp3) is 0.818. The molecular weight excluding hydrogens is 206 g/mol. The van der Waals surface area contributed by atoms with E-state index in [0.29, 0.717) is 12.8 Å². The summed E-state index contributed by atoms with van der Waals surface area (Å²) < 4.78 is 0. The maximum Gasteiger partial charge on any atom is 0.228 e. The van der Waals surface area contributed by atoms with E-state index in [0.717, 1.165) is 19.6 Å². The van der Waals surface area contributed by atoms with Gasteiger partial charge in [-0.3, -0.25) is 14.9 Å². The second-order valence-corrected chi connectivity index (χ2v) is 4.63. The average Bonchev–Trinajstić information content (AvgIpc) is 2.17. The number of carbonyl (C=O) groups excluding carboxylic acids is 2. The van der Waals surface area contributed by atoms with Crippen molar-refractivity contribution in [2.75, 3.05) is 19.6 Å². The van der Waals surface area contributed by atoms with Gasteiger partial charge in [0.05, 0.1) is 0 Å². The number of amides is 2. The highest BCUT2D eigenvalue weighted by atomic mass is 16.2. The molecule has 5 heteroatoms. The minimum absolute atomic E-state index is 0.139. The molecule has 0 aromatic rings. The molecule has 5 nitrogen and oxygen atoms in total. The molecule has 0 spiro atoms. The van der Waals surface area contributed by atoms with Gasteiger partial charge in [-0.05, 0) is 5.92 Å². The molecule has 1 rings (SSSR count). The zero-order chi connectivity index (χ0) is 12.0. The molecule has 1 fully saturated rings. The first-order valence-electron chi connectivity index (χ1n) is 5.84. The molecule has 3 N–H and O–H groups in total. The maximum absolute atomic E-state index is 11.5. The Bertz CT molecular complexity index is 248. The van der Waals surface area contributed by atoms with Crippen molar-refractivity contribution in [2.24, 2.45) is 5.92 Å². The Morgan fingerprint density at radius 3 is 2.62 bits per heavy atom. The van der Waals surface area contributed by atoms with Gasteiger partial charge in [0.15, 0.2) is 0 Å². The SMILES string of the molecule is CC(C)CC(=O)NC(=O)CC1CNCCN1. The zero-order valence-electron chi connectivity index (χ0n) is 10.0. The Balaban J connectivity index is 2.21. The first-order chi connectivity index (χ1) is 7.58. The summed E-state index contributed by atoms with van der Waals surface area (Å²) in [6.45, 7) is 6.50. The normalized spacial score (nSPS) is 20.8. The molecule has 0 aromatic carbocycles. The quantitative estimate of drug-likeness (QED) is 0.613. The van der Waals surface area contributed by atoms with Crippen LogP contribution in [0.15, 0.2) is 0 Å². The summed E-state index contributed by atoms with van der Waals surface area (Å²) in [6, 6.07) is 0.139. The van der Waals surface area contributed by atoms with Crippen molar-refractivity contribution in [2.45, 2.75) is 32.7 Å². The van der Waals surface area contributed by atoms with Crippen LogP contribution in [0.25, 0.3) is 0 Å². The number of rotatable bonds is 4. The van der Waals surface area contributed by atoms with Crippen LogP contribution >= 0.6 is 0 Å². The predicted molar refractivity (Wildman–Crippen MR) is 61.9 cm³/mol. The molecule has 16 heavy (non-hydrogen) atoms. The van der Waals surface area contributed by atoms with E-state index in [1.54, 1.807) is 0 Å². The van der Waals surface area contributed by atoms with Gasteiger partial charge in [-0.25, -0.2) is 0 Å². The number of imide groups is 1. The van der Waals surface area contributed by atoms with Crippen LogP contribution in [0.1, 0.15) is 26.7 Å². The Morgan fingerprint density at radius 1 is 1.31 bits per heavy atom. The highest BCUT2D eigenvalue weighted by molar-refractivity contribution is 5.95. The van der Waals surface area contributed by atoms with Gasteiger partial charge in [0, 0.05) is 38.5 Å². The third-order valence-electron chi connectivity index (χ3n) is 2.43. The lowest BCUT2D eigenvalue weighted by molar-refractivity contribution is -0.131. The molecule has 0 saturated carbocycles. The zero-order valence-corrected chi connectivity index (χ0v) is 10.0. The molecule has 1 aliphatic rings. The summed E-state index contributed by atoms with van der Waals surface area (Å²) in [5.74, 6) is -0.0853. The molecule has 1 atom stereocenters. The molecule has 1 unspecified atom stereocenters. The van der Waals surface area contributed by atoms with Crippen LogP contribution in [-0.2, 0) is 9.59 Å². The van der Waals surface area contributed by atoms with Crippen molar-refractivity contribution < 1.29 is 9.59 Å². The van der Waals surface area contributed by atoms with Crippen LogP contribution in [0.4, 0.5) is 0 Å². The number of hydrogen-bond donors (Lipinski definition) is 3. The lowest BCUT2D eigenvalue weighted by Crippen LogP contribution is -2.50. The molecule has 92 valence electrons. The van der Waals surface area contributed by atoms with Crippen LogP contribution in [0.5, 0.6) is 0 Å². The van der Waals surface area contributed by atoms with Gasteiger partial charge in [-0.1, -0.05) is 13.8 Å². The third kappa shape index (κ3) is 5.23. The fourth-order valence-electron chi connectivity index (χ4n) is 1.71. The van der Waals surface area contributed by atoms with E-state index in [-0.39, 0.29) is 23.8 Å². The third-order valence-corrected chi connectivity index (χ3v) is 2.43. The second kappa shape index (κ2) is 6.60. The van der Waals surface area contributed by atoms with Gasteiger partial charge in [0.25, 0.3) is 0 Å². The maximum atomic E-state index is 11.5. The standard InChI is InChI=1S/C11H21N3O2/c1-8(2)5-10(15)14-11(16)6-9-7-12-3-4-13-9/h8-9,12-13H,3-7H2,1-2H3,(H,14,15,16). The Hall–Kier alpha value is -0.940. The minimum Gasteiger partial charge on any atom is -0.314 e. The molecule has 1 heterocycles. The van der Waals surface area contributed by atoms with Crippen molar-refractivity contribution in [1.82, 2.24) is 16.0 Å². The summed E-state index contributed by atoms with van der Waals surface area (Å²) in [7, 11) is 0. The van der Waals surface area contributed by atoms with E-state index >= 15 is 0 Å². The van der Waals surface area contributed by atoms with Crippen LogP contribution in [0.3, 0.4) is 0 Å². The van der Waals surface area contributed by atoms with Gasteiger partial charge in [-0.2, -0.15) is 0 Å². The average molecular weight is 227 g/mol. The van der Waals surface area contributed by atoms with Crippen molar-refractivity contribution in [3.63, 3.8) is 0 Å². The number of hydrogen-bond acceptors (Lipinski definition) is 4. The van der Waals surface area contributed by atoms with E-state index in [2.05, 4.69) is 16.0 Å². The van der Waals surface area contributed by atoms with Gasteiger partial charge in [-0.15, -0.1) is 0 Å². The van der Waals surface area contributed by atoms with E-state index < -0.39 is 0 Å². The highest BCUT2D eigenvalue weighted by Crippen LogP contribution is 1.99. The first kappa shape index (κ1) is 13.1.